The molecule has 106 valence electrons. The molecular formula is C14H16BrN3O2. The van der Waals surface area contributed by atoms with Crippen molar-refractivity contribution in [2.24, 2.45) is 13.0 Å². The minimum atomic E-state index is -0.0919. The zero-order chi connectivity index (χ0) is 14.1. The molecule has 3 rings (SSSR count). The first-order chi connectivity index (χ1) is 9.63. The number of aromatic nitrogens is 2. The second-order valence-corrected chi connectivity index (χ2v) is 6.04. The van der Waals surface area contributed by atoms with E-state index in [-0.39, 0.29) is 12.5 Å². The van der Waals surface area contributed by atoms with Crippen molar-refractivity contribution in [2.45, 2.75) is 12.8 Å². The van der Waals surface area contributed by atoms with Crippen LogP contribution in [0.1, 0.15) is 12.8 Å². The molecule has 1 aliphatic rings. The Morgan fingerprint density at radius 2 is 2.35 bits per heavy atom. The van der Waals surface area contributed by atoms with Gasteiger partial charge < -0.3 is 10.1 Å². The van der Waals surface area contributed by atoms with Gasteiger partial charge in [0, 0.05) is 18.1 Å². The zero-order valence-electron chi connectivity index (χ0n) is 11.2. The Bertz CT molecular complexity index is 649. The lowest BCUT2D eigenvalue weighted by atomic mass is 10.2. The van der Waals surface area contributed by atoms with Crippen molar-refractivity contribution in [1.82, 2.24) is 15.1 Å². The summed E-state index contributed by atoms with van der Waals surface area (Å²) in [5.74, 6) is 1.07. The molecule has 1 amide bonds. The molecule has 6 heteroatoms. The van der Waals surface area contributed by atoms with Gasteiger partial charge in [-0.1, -0.05) is 15.9 Å². The molecule has 1 aromatic carbocycles. The first-order valence-electron chi connectivity index (χ1n) is 6.65. The summed E-state index contributed by atoms with van der Waals surface area (Å²) in [5.41, 5.74) is 0.974. The molecule has 20 heavy (non-hydrogen) atoms. The van der Waals surface area contributed by atoms with Gasteiger partial charge in [0.05, 0.1) is 10.9 Å². The van der Waals surface area contributed by atoms with Crippen LogP contribution in [0.25, 0.3) is 10.9 Å². The summed E-state index contributed by atoms with van der Waals surface area (Å²) in [6, 6.07) is 5.86. The van der Waals surface area contributed by atoms with Gasteiger partial charge in [0.2, 0.25) is 5.88 Å². The summed E-state index contributed by atoms with van der Waals surface area (Å²) in [7, 11) is 1.86. The van der Waals surface area contributed by atoms with Crippen molar-refractivity contribution in [3.63, 3.8) is 0 Å². The number of hydrogen-bond donors (Lipinski definition) is 1. The number of nitrogens with one attached hydrogen (secondary N) is 1. The first-order valence-corrected chi connectivity index (χ1v) is 7.44. The third-order valence-corrected chi connectivity index (χ3v) is 3.90. The third kappa shape index (κ3) is 2.95. The highest BCUT2D eigenvalue weighted by Crippen LogP contribution is 2.28. The molecule has 1 aliphatic carbocycles. The van der Waals surface area contributed by atoms with Crippen LogP contribution in [0.5, 0.6) is 5.88 Å². The van der Waals surface area contributed by atoms with Crippen LogP contribution in [-0.4, -0.2) is 28.8 Å². The van der Waals surface area contributed by atoms with Crippen LogP contribution in [0.3, 0.4) is 0 Å². The predicted molar refractivity (Wildman–Crippen MR) is 79.6 cm³/mol. The molecule has 1 heterocycles. The minimum Gasteiger partial charge on any atom is -0.466 e. The molecule has 1 fully saturated rings. The molecule has 1 N–H and O–H groups in total. The van der Waals surface area contributed by atoms with Crippen molar-refractivity contribution < 1.29 is 9.53 Å². The van der Waals surface area contributed by atoms with Crippen LogP contribution >= 0.6 is 15.9 Å². The topological polar surface area (TPSA) is 56.2 Å². The number of aryl methyl sites for hydroxylation is 1. The molecule has 1 aromatic heterocycles. The van der Waals surface area contributed by atoms with Crippen molar-refractivity contribution in [3.8, 4) is 5.88 Å². The van der Waals surface area contributed by atoms with Crippen molar-refractivity contribution in [3.05, 3.63) is 22.7 Å². The Morgan fingerprint density at radius 1 is 1.55 bits per heavy atom. The lowest BCUT2D eigenvalue weighted by Gasteiger charge is -2.05. The highest BCUT2D eigenvalue weighted by Gasteiger charge is 2.21. The molecular weight excluding hydrogens is 322 g/mol. The van der Waals surface area contributed by atoms with E-state index in [4.69, 9.17) is 4.74 Å². The van der Waals surface area contributed by atoms with Gasteiger partial charge in [0.25, 0.3) is 5.91 Å². The summed E-state index contributed by atoms with van der Waals surface area (Å²) in [4.78, 5) is 11.7. The maximum absolute atomic E-state index is 11.7. The molecule has 0 saturated heterocycles. The average Bonchev–Trinajstić information content (AvgIpc) is 3.20. The normalized spacial score (nSPS) is 14.5. The molecule has 0 atom stereocenters. The quantitative estimate of drug-likeness (QED) is 0.910. The number of halogens is 1. The second kappa shape index (κ2) is 5.44. The summed E-state index contributed by atoms with van der Waals surface area (Å²) in [6.45, 7) is 0.766. The number of carbonyl (C=O) groups is 1. The van der Waals surface area contributed by atoms with Gasteiger partial charge >= 0.3 is 0 Å². The number of ether oxygens (including phenoxy) is 1. The smallest absolute Gasteiger partial charge is 0.258 e. The zero-order valence-corrected chi connectivity index (χ0v) is 12.8. The van der Waals surface area contributed by atoms with Crippen molar-refractivity contribution in [1.29, 1.82) is 0 Å². The number of fused-ring (bicyclic) bond motifs is 1. The van der Waals surface area contributed by atoms with E-state index in [1.165, 1.54) is 12.8 Å². The summed E-state index contributed by atoms with van der Waals surface area (Å²) < 4.78 is 8.25. The number of rotatable bonds is 5. The van der Waals surface area contributed by atoms with Crippen LogP contribution < -0.4 is 10.1 Å². The van der Waals surface area contributed by atoms with Crippen LogP contribution in [0.4, 0.5) is 0 Å². The predicted octanol–water partition coefficient (Wildman–Crippen LogP) is 2.24. The lowest BCUT2D eigenvalue weighted by Crippen LogP contribution is -2.30. The molecule has 0 spiro atoms. The minimum absolute atomic E-state index is 0.00530. The number of amides is 1. The summed E-state index contributed by atoms with van der Waals surface area (Å²) in [5, 5.41) is 8.08. The number of carbonyl (C=O) groups excluding carboxylic acids is 1. The highest BCUT2D eigenvalue weighted by molar-refractivity contribution is 9.10. The van der Waals surface area contributed by atoms with Crippen LogP contribution in [0, 0.1) is 5.92 Å². The largest absolute Gasteiger partial charge is 0.466 e. The summed E-state index contributed by atoms with van der Waals surface area (Å²) >= 11 is 3.43. The van der Waals surface area contributed by atoms with Gasteiger partial charge in [0.1, 0.15) is 0 Å². The van der Waals surface area contributed by atoms with Gasteiger partial charge in [0.15, 0.2) is 6.61 Å². The van der Waals surface area contributed by atoms with Gasteiger partial charge in [-0.05, 0) is 37.0 Å². The monoisotopic (exact) mass is 337 g/mol. The number of nitrogens with zero attached hydrogens (tertiary/aromatic N) is 2. The maximum atomic E-state index is 11.7. The fraction of sp³-hybridized carbons (Fsp3) is 0.429. The number of hydrogen-bond acceptors (Lipinski definition) is 3. The Hall–Kier alpha value is -1.56. The van der Waals surface area contributed by atoms with E-state index in [9.17, 15) is 4.79 Å². The van der Waals surface area contributed by atoms with Crippen LogP contribution in [0.2, 0.25) is 0 Å². The average molecular weight is 338 g/mol. The molecule has 0 aliphatic heterocycles. The fourth-order valence-corrected chi connectivity index (χ4v) is 2.44. The Kier molecular flexibility index (Phi) is 3.65. The second-order valence-electron chi connectivity index (χ2n) is 5.13. The standard InChI is InChI=1S/C14H16BrN3O2/c1-18-12-5-4-10(15)6-11(12)14(17-18)20-8-13(19)16-7-9-2-3-9/h4-6,9H,2-3,7-8H2,1H3,(H,16,19). The van der Waals surface area contributed by atoms with Crippen LogP contribution in [-0.2, 0) is 11.8 Å². The Balaban J connectivity index is 1.67. The SMILES string of the molecule is Cn1nc(OCC(=O)NCC2CC2)c2cc(Br)ccc21. The number of benzene rings is 1. The van der Waals surface area contributed by atoms with E-state index < -0.39 is 0 Å². The van der Waals surface area contributed by atoms with E-state index in [1.807, 2.05) is 25.2 Å². The molecule has 5 nitrogen and oxygen atoms in total. The molecule has 0 bridgehead atoms. The Labute approximate surface area is 125 Å². The Morgan fingerprint density at radius 3 is 3.10 bits per heavy atom. The van der Waals surface area contributed by atoms with Gasteiger partial charge in [-0.3, -0.25) is 9.48 Å². The van der Waals surface area contributed by atoms with Gasteiger partial charge in [-0.15, -0.1) is 5.10 Å². The maximum Gasteiger partial charge on any atom is 0.258 e. The first kappa shape index (κ1) is 13.4. The fourth-order valence-electron chi connectivity index (χ4n) is 2.08. The molecule has 0 unspecified atom stereocenters. The molecule has 2 aromatic rings. The molecule has 0 radical (unpaired) electrons. The van der Waals surface area contributed by atoms with E-state index in [0.717, 1.165) is 21.9 Å². The van der Waals surface area contributed by atoms with Gasteiger partial charge in [-0.2, -0.15) is 0 Å². The summed E-state index contributed by atoms with van der Waals surface area (Å²) in [6.07, 6.45) is 2.44. The van der Waals surface area contributed by atoms with Crippen molar-refractivity contribution in [2.75, 3.05) is 13.2 Å². The van der Waals surface area contributed by atoms with E-state index in [2.05, 4.69) is 26.3 Å². The molecule has 1 saturated carbocycles. The van der Waals surface area contributed by atoms with Crippen LogP contribution in [0.15, 0.2) is 22.7 Å². The van der Waals surface area contributed by atoms with Gasteiger partial charge in [-0.25, -0.2) is 0 Å². The van der Waals surface area contributed by atoms with E-state index in [0.29, 0.717) is 11.8 Å². The lowest BCUT2D eigenvalue weighted by molar-refractivity contribution is -0.123. The van der Waals surface area contributed by atoms with E-state index >= 15 is 0 Å². The van der Waals surface area contributed by atoms with Crippen molar-refractivity contribution >= 4 is 32.7 Å². The third-order valence-electron chi connectivity index (χ3n) is 3.40. The highest BCUT2D eigenvalue weighted by atomic mass is 79.9. The van der Waals surface area contributed by atoms with E-state index in [1.54, 1.807) is 4.68 Å².